The van der Waals surface area contributed by atoms with Crippen molar-refractivity contribution in [3.05, 3.63) is 17.5 Å². The van der Waals surface area contributed by atoms with Gasteiger partial charge < -0.3 is 25.2 Å². The Morgan fingerprint density at radius 2 is 2.07 bits per heavy atom. The monoisotopic (exact) mass is 376 g/mol. The van der Waals surface area contributed by atoms with Crippen molar-refractivity contribution in [1.29, 1.82) is 0 Å². The summed E-state index contributed by atoms with van der Waals surface area (Å²) in [6, 6.07) is 1.86. The highest BCUT2D eigenvalue weighted by Crippen LogP contribution is 2.40. The molecule has 148 valence electrons. The van der Waals surface area contributed by atoms with Gasteiger partial charge in [0.2, 0.25) is 0 Å². The quantitative estimate of drug-likeness (QED) is 0.816. The lowest BCUT2D eigenvalue weighted by molar-refractivity contribution is -0.150. The summed E-state index contributed by atoms with van der Waals surface area (Å²) in [5, 5.41) is 6.93. The van der Waals surface area contributed by atoms with E-state index in [2.05, 4.69) is 10.5 Å². The predicted octanol–water partition coefficient (Wildman–Crippen LogP) is 1.17. The minimum absolute atomic E-state index is 0.0262. The van der Waals surface area contributed by atoms with Crippen molar-refractivity contribution in [2.45, 2.75) is 75.6 Å². The van der Waals surface area contributed by atoms with Crippen LogP contribution < -0.4 is 11.1 Å². The summed E-state index contributed by atoms with van der Waals surface area (Å²) in [5.41, 5.74) is 6.18. The highest BCUT2D eigenvalue weighted by atomic mass is 16.5. The first-order valence-electron chi connectivity index (χ1n) is 9.96. The molecule has 4 atom stereocenters. The van der Waals surface area contributed by atoms with Gasteiger partial charge in [-0.2, -0.15) is 0 Å². The number of hydrogen-bond acceptors (Lipinski definition) is 6. The molecule has 0 bridgehead atoms. The average Bonchev–Trinajstić information content (AvgIpc) is 3.38. The van der Waals surface area contributed by atoms with Gasteiger partial charge in [-0.15, -0.1) is 0 Å². The maximum atomic E-state index is 12.7. The Morgan fingerprint density at radius 1 is 1.26 bits per heavy atom. The van der Waals surface area contributed by atoms with E-state index in [1.165, 1.54) is 0 Å². The van der Waals surface area contributed by atoms with E-state index in [1.54, 1.807) is 6.07 Å². The maximum Gasteiger partial charge on any atom is 0.273 e. The molecule has 8 heteroatoms. The van der Waals surface area contributed by atoms with Gasteiger partial charge in [0, 0.05) is 36.7 Å². The van der Waals surface area contributed by atoms with Crippen molar-refractivity contribution in [2.24, 2.45) is 5.73 Å². The van der Waals surface area contributed by atoms with E-state index >= 15 is 0 Å². The Hall–Kier alpha value is -1.93. The number of piperidine rings is 1. The lowest BCUT2D eigenvalue weighted by Gasteiger charge is -2.40. The van der Waals surface area contributed by atoms with Crippen LogP contribution in [-0.2, 0) is 9.53 Å². The summed E-state index contributed by atoms with van der Waals surface area (Å²) in [5.74, 6) is 1.09. The lowest BCUT2D eigenvalue weighted by atomic mass is 9.96. The SMILES string of the molecule is C[C@H]1CC(NC(=O)c2cc(C3CC3)on2)CCN1C(=O)[C@H]1CC[C@H](N)CO1. The summed E-state index contributed by atoms with van der Waals surface area (Å²) in [6.45, 7) is 3.08. The molecule has 3 N–H and O–H groups in total. The molecular formula is C19H28N4O4. The number of ether oxygens (including phenoxy) is 1. The van der Waals surface area contributed by atoms with Crippen molar-refractivity contribution < 1.29 is 18.8 Å². The second kappa shape index (κ2) is 7.59. The van der Waals surface area contributed by atoms with E-state index in [0.717, 1.165) is 37.9 Å². The third-order valence-corrected chi connectivity index (χ3v) is 5.82. The van der Waals surface area contributed by atoms with Gasteiger partial charge in [0.1, 0.15) is 11.9 Å². The molecule has 3 aliphatic rings. The maximum absolute atomic E-state index is 12.7. The number of carbonyl (C=O) groups is 2. The molecule has 2 aliphatic heterocycles. The number of amides is 2. The van der Waals surface area contributed by atoms with Crippen LogP contribution >= 0.6 is 0 Å². The van der Waals surface area contributed by atoms with Crippen LogP contribution in [-0.4, -0.2) is 59.3 Å². The van der Waals surface area contributed by atoms with Gasteiger partial charge >= 0.3 is 0 Å². The molecule has 3 fully saturated rings. The van der Waals surface area contributed by atoms with Crippen molar-refractivity contribution >= 4 is 11.8 Å². The molecule has 0 radical (unpaired) electrons. The van der Waals surface area contributed by atoms with Crippen LogP contribution in [0.25, 0.3) is 0 Å². The minimum Gasteiger partial charge on any atom is -0.367 e. The first-order valence-corrected chi connectivity index (χ1v) is 9.96. The van der Waals surface area contributed by atoms with Gasteiger partial charge in [-0.1, -0.05) is 5.16 Å². The normalized spacial score (nSPS) is 31.6. The second-order valence-electron chi connectivity index (χ2n) is 8.12. The van der Waals surface area contributed by atoms with E-state index in [1.807, 2.05) is 11.8 Å². The highest BCUT2D eigenvalue weighted by molar-refractivity contribution is 5.92. The number of aromatic nitrogens is 1. The fourth-order valence-electron chi connectivity index (χ4n) is 4.00. The van der Waals surface area contributed by atoms with Crippen LogP contribution in [0.4, 0.5) is 0 Å². The topological polar surface area (TPSA) is 111 Å². The largest absolute Gasteiger partial charge is 0.367 e. The summed E-state index contributed by atoms with van der Waals surface area (Å²) >= 11 is 0. The fraction of sp³-hybridized carbons (Fsp3) is 0.737. The van der Waals surface area contributed by atoms with Crippen molar-refractivity contribution in [1.82, 2.24) is 15.4 Å². The zero-order valence-corrected chi connectivity index (χ0v) is 15.7. The molecule has 3 heterocycles. The van der Waals surface area contributed by atoms with Gasteiger partial charge in [-0.25, -0.2) is 0 Å². The van der Waals surface area contributed by atoms with Crippen LogP contribution in [0, 0.1) is 0 Å². The minimum atomic E-state index is -0.380. The Kier molecular flexibility index (Phi) is 5.19. The number of rotatable bonds is 4. The van der Waals surface area contributed by atoms with Gasteiger partial charge in [-0.05, 0) is 45.4 Å². The number of carbonyl (C=O) groups excluding carboxylic acids is 2. The molecule has 0 aromatic carbocycles. The van der Waals surface area contributed by atoms with Crippen molar-refractivity contribution in [3.8, 4) is 0 Å². The van der Waals surface area contributed by atoms with Crippen LogP contribution in [0.2, 0.25) is 0 Å². The molecule has 2 saturated heterocycles. The molecule has 0 spiro atoms. The Labute approximate surface area is 158 Å². The Bertz CT molecular complexity index is 694. The number of nitrogens with one attached hydrogen (secondary N) is 1. The Balaban J connectivity index is 1.28. The van der Waals surface area contributed by atoms with E-state index in [4.69, 9.17) is 15.0 Å². The summed E-state index contributed by atoms with van der Waals surface area (Å²) < 4.78 is 10.9. The number of hydrogen-bond donors (Lipinski definition) is 2. The zero-order chi connectivity index (χ0) is 19.0. The number of likely N-dealkylation sites (tertiary alicyclic amines) is 1. The van der Waals surface area contributed by atoms with Crippen LogP contribution in [0.15, 0.2) is 10.6 Å². The molecule has 4 rings (SSSR count). The van der Waals surface area contributed by atoms with E-state index in [9.17, 15) is 9.59 Å². The van der Waals surface area contributed by atoms with Crippen LogP contribution in [0.3, 0.4) is 0 Å². The summed E-state index contributed by atoms with van der Waals surface area (Å²) in [6.07, 6.45) is 4.78. The van der Waals surface area contributed by atoms with Crippen LogP contribution in [0.5, 0.6) is 0 Å². The summed E-state index contributed by atoms with van der Waals surface area (Å²) in [7, 11) is 0. The second-order valence-corrected chi connectivity index (χ2v) is 8.12. The Morgan fingerprint density at radius 3 is 2.74 bits per heavy atom. The molecule has 1 aliphatic carbocycles. The number of nitrogens with two attached hydrogens (primary N) is 1. The van der Waals surface area contributed by atoms with Gasteiger partial charge in [0.25, 0.3) is 11.8 Å². The molecular weight excluding hydrogens is 348 g/mol. The van der Waals surface area contributed by atoms with Crippen LogP contribution in [0.1, 0.15) is 67.6 Å². The molecule has 8 nitrogen and oxygen atoms in total. The lowest BCUT2D eigenvalue weighted by Crippen LogP contribution is -2.54. The number of nitrogens with zero attached hydrogens (tertiary/aromatic N) is 2. The first kappa shape index (κ1) is 18.4. The smallest absolute Gasteiger partial charge is 0.273 e. The third-order valence-electron chi connectivity index (χ3n) is 5.82. The molecule has 1 saturated carbocycles. The first-order chi connectivity index (χ1) is 13.0. The molecule has 1 unspecified atom stereocenters. The summed E-state index contributed by atoms with van der Waals surface area (Å²) in [4.78, 5) is 27.0. The van der Waals surface area contributed by atoms with E-state index in [-0.39, 0.29) is 36.0 Å². The predicted molar refractivity (Wildman–Crippen MR) is 97.1 cm³/mol. The third kappa shape index (κ3) is 4.16. The van der Waals surface area contributed by atoms with Gasteiger partial charge in [0.05, 0.1) is 6.61 Å². The highest BCUT2D eigenvalue weighted by Gasteiger charge is 2.35. The van der Waals surface area contributed by atoms with Crippen molar-refractivity contribution in [2.75, 3.05) is 13.2 Å². The van der Waals surface area contributed by atoms with E-state index in [0.29, 0.717) is 31.2 Å². The molecule has 1 aromatic rings. The average molecular weight is 376 g/mol. The fourth-order valence-corrected chi connectivity index (χ4v) is 4.00. The van der Waals surface area contributed by atoms with E-state index < -0.39 is 0 Å². The zero-order valence-electron chi connectivity index (χ0n) is 15.7. The molecule has 27 heavy (non-hydrogen) atoms. The van der Waals surface area contributed by atoms with Crippen molar-refractivity contribution in [3.63, 3.8) is 0 Å². The molecule has 1 aromatic heterocycles. The molecule has 2 amide bonds. The van der Waals surface area contributed by atoms with Gasteiger partial charge in [-0.3, -0.25) is 9.59 Å². The van der Waals surface area contributed by atoms with Gasteiger partial charge in [0.15, 0.2) is 5.69 Å². The standard InChI is InChI=1S/C19H28N4O4/c1-11-8-14(21-18(24)15-9-17(27-22-15)12-2-3-12)6-7-23(11)19(25)16-5-4-13(20)10-26-16/h9,11-14,16H,2-8,10,20H2,1H3,(H,21,24)/t11-,13-,14?,16+/m0/s1.